The van der Waals surface area contributed by atoms with Crippen LogP contribution in [0.5, 0.6) is 0 Å². The van der Waals surface area contributed by atoms with E-state index in [-0.39, 0.29) is 0 Å². The Hall–Kier alpha value is -0.500. The smallest absolute Gasteiger partial charge is 0.0175 e. The van der Waals surface area contributed by atoms with E-state index in [0.29, 0.717) is 0 Å². The molecule has 0 aliphatic carbocycles. The Morgan fingerprint density at radius 1 is 1.08 bits per heavy atom. The lowest BCUT2D eigenvalue weighted by Gasteiger charge is -2.31. The fourth-order valence-corrected chi connectivity index (χ4v) is 2.30. The van der Waals surface area contributed by atoms with Gasteiger partial charge in [-0.25, -0.2) is 0 Å². The third-order valence-corrected chi connectivity index (χ3v) is 3.11. The lowest BCUT2D eigenvalue weighted by atomic mass is 9.82. The number of allylic oxidation sites excluding steroid dienone is 1. The molecule has 12 heavy (non-hydrogen) atoms. The fourth-order valence-electron chi connectivity index (χ4n) is 2.30. The van der Waals surface area contributed by atoms with Gasteiger partial charge in [0.15, 0.2) is 0 Å². The first kappa shape index (κ1) is 8.11. The van der Waals surface area contributed by atoms with Crippen LogP contribution in [0.2, 0.25) is 0 Å². The van der Waals surface area contributed by atoms with Crippen molar-refractivity contribution in [2.45, 2.75) is 19.3 Å². The SMILES string of the molecule is C1=CNCC(C2CCNCC2)C1. The predicted octanol–water partition coefficient (Wildman–Crippen LogP) is 1.11. The third kappa shape index (κ3) is 1.81. The number of nitrogens with one attached hydrogen (secondary N) is 2. The Balaban J connectivity index is 1.85. The maximum absolute atomic E-state index is 3.42. The molecule has 2 aliphatic rings. The van der Waals surface area contributed by atoms with Crippen molar-refractivity contribution in [3.63, 3.8) is 0 Å². The number of hydrogen-bond acceptors (Lipinski definition) is 2. The van der Waals surface area contributed by atoms with Gasteiger partial charge in [0, 0.05) is 6.54 Å². The second-order valence-corrected chi connectivity index (χ2v) is 3.89. The van der Waals surface area contributed by atoms with Gasteiger partial charge in [0.05, 0.1) is 0 Å². The van der Waals surface area contributed by atoms with Gasteiger partial charge in [-0.3, -0.25) is 0 Å². The average molecular weight is 166 g/mol. The molecule has 1 saturated heterocycles. The monoisotopic (exact) mass is 166 g/mol. The summed E-state index contributed by atoms with van der Waals surface area (Å²) < 4.78 is 0. The minimum atomic E-state index is 0.900. The number of rotatable bonds is 1. The van der Waals surface area contributed by atoms with Crippen molar-refractivity contribution in [2.24, 2.45) is 11.8 Å². The molecule has 0 bridgehead atoms. The molecule has 68 valence electrons. The van der Waals surface area contributed by atoms with Crippen molar-refractivity contribution in [1.82, 2.24) is 10.6 Å². The van der Waals surface area contributed by atoms with Gasteiger partial charge in [0.1, 0.15) is 0 Å². The largest absolute Gasteiger partial charge is 0.391 e. The molecule has 1 fully saturated rings. The van der Waals surface area contributed by atoms with Crippen LogP contribution in [0.25, 0.3) is 0 Å². The molecule has 2 heteroatoms. The second kappa shape index (κ2) is 3.94. The van der Waals surface area contributed by atoms with Crippen molar-refractivity contribution in [2.75, 3.05) is 19.6 Å². The molecule has 0 saturated carbocycles. The molecule has 0 aromatic carbocycles. The van der Waals surface area contributed by atoms with Gasteiger partial charge >= 0.3 is 0 Å². The van der Waals surface area contributed by atoms with Crippen LogP contribution >= 0.6 is 0 Å². The Morgan fingerprint density at radius 2 is 1.92 bits per heavy atom. The topological polar surface area (TPSA) is 24.1 Å². The molecule has 2 heterocycles. The van der Waals surface area contributed by atoms with Crippen LogP contribution in [0, 0.1) is 11.8 Å². The molecule has 0 spiro atoms. The zero-order valence-electron chi connectivity index (χ0n) is 7.55. The van der Waals surface area contributed by atoms with Gasteiger partial charge < -0.3 is 10.6 Å². The van der Waals surface area contributed by atoms with Crippen LogP contribution in [0.4, 0.5) is 0 Å². The van der Waals surface area contributed by atoms with Crippen LogP contribution in [0.15, 0.2) is 12.3 Å². The predicted molar refractivity (Wildman–Crippen MR) is 50.8 cm³/mol. The normalized spacial score (nSPS) is 31.5. The highest BCUT2D eigenvalue weighted by molar-refractivity contribution is 4.92. The van der Waals surface area contributed by atoms with E-state index in [1.165, 1.54) is 38.9 Å². The summed E-state index contributed by atoms with van der Waals surface area (Å²) in [6, 6.07) is 0. The van der Waals surface area contributed by atoms with Gasteiger partial charge in [-0.05, 0) is 50.4 Å². The molecule has 0 aromatic rings. The number of piperidine rings is 1. The lowest BCUT2D eigenvalue weighted by Crippen LogP contribution is -2.36. The molecule has 0 aromatic heterocycles. The molecule has 2 nitrogen and oxygen atoms in total. The van der Waals surface area contributed by atoms with E-state index >= 15 is 0 Å². The zero-order valence-corrected chi connectivity index (χ0v) is 7.55. The first-order chi connectivity index (χ1) is 5.97. The summed E-state index contributed by atoms with van der Waals surface area (Å²) in [5.74, 6) is 1.86. The summed E-state index contributed by atoms with van der Waals surface area (Å²) in [6.45, 7) is 3.65. The summed E-state index contributed by atoms with van der Waals surface area (Å²) >= 11 is 0. The van der Waals surface area contributed by atoms with Gasteiger partial charge in [-0.15, -0.1) is 0 Å². The van der Waals surface area contributed by atoms with Crippen molar-refractivity contribution in [3.8, 4) is 0 Å². The first-order valence-corrected chi connectivity index (χ1v) is 5.06. The van der Waals surface area contributed by atoms with E-state index in [1.807, 2.05) is 0 Å². The quantitative estimate of drug-likeness (QED) is 0.610. The van der Waals surface area contributed by atoms with Gasteiger partial charge in [0.25, 0.3) is 0 Å². The maximum atomic E-state index is 3.42. The highest BCUT2D eigenvalue weighted by atomic mass is 14.9. The summed E-state index contributed by atoms with van der Waals surface area (Å²) in [5, 5.41) is 6.75. The van der Waals surface area contributed by atoms with E-state index in [1.54, 1.807) is 0 Å². The second-order valence-electron chi connectivity index (χ2n) is 3.89. The minimum absolute atomic E-state index is 0.900. The lowest BCUT2D eigenvalue weighted by molar-refractivity contribution is 0.253. The summed E-state index contributed by atoms with van der Waals surface area (Å²) in [6.07, 6.45) is 8.41. The molecule has 2 rings (SSSR count). The highest BCUT2D eigenvalue weighted by Gasteiger charge is 2.22. The highest BCUT2D eigenvalue weighted by Crippen LogP contribution is 2.25. The third-order valence-electron chi connectivity index (χ3n) is 3.11. The van der Waals surface area contributed by atoms with Crippen LogP contribution in [-0.4, -0.2) is 19.6 Å². The standard InChI is InChI=1S/C10H18N2/c1-2-10(8-12-5-1)9-3-6-11-7-4-9/h1,5,9-12H,2-4,6-8H2. The Bertz CT molecular complexity index is 159. The van der Waals surface area contributed by atoms with Gasteiger partial charge in [-0.1, -0.05) is 6.08 Å². The molecule has 2 N–H and O–H groups in total. The molecular formula is C10H18N2. The Morgan fingerprint density at radius 3 is 2.58 bits per heavy atom. The molecular weight excluding hydrogens is 148 g/mol. The van der Waals surface area contributed by atoms with Crippen molar-refractivity contribution >= 4 is 0 Å². The van der Waals surface area contributed by atoms with E-state index in [9.17, 15) is 0 Å². The van der Waals surface area contributed by atoms with Crippen LogP contribution in [0.1, 0.15) is 19.3 Å². The Kier molecular flexibility index (Phi) is 2.67. The maximum Gasteiger partial charge on any atom is 0.0175 e. The van der Waals surface area contributed by atoms with E-state index in [4.69, 9.17) is 0 Å². The van der Waals surface area contributed by atoms with Gasteiger partial charge in [-0.2, -0.15) is 0 Å². The summed E-state index contributed by atoms with van der Waals surface area (Å²) in [7, 11) is 0. The fraction of sp³-hybridized carbons (Fsp3) is 0.800. The first-order valence-electron chi connectivity index (χ1n) is 5.06. The van der Waals surface area contributed by atoms with E-state index in [0.717, 1.165) is 11.8 Å². The van der Waals surface area contributed by atoms with Crippen LogP contribution < -0.4 is 10.6 Å². The van der Waals surface area contributed by atoms with E-state index < -0.39 is 0 Å². The molecule has 1 unspecified atom stereocenters. The molecule has 0 radical (unpaired) electrons. The average Bonchev–Trinajstić information content (AvgIpc) is 2.21. The summed E-state index contributed by atoms with van der Waals surface area (Å²) in [4.78, 5) is 0. The summed E-state index contributed by atoms with van der Waals surface area (Å²) in [5.41, 5.74) is 0. The van der Waals surface area contributed by atoms with Crippen LogP contribution in [-0.2, 0) is 0 Å². The van der Waals surface area contributed by atoms with Crippen molar-refractivity contribution < 1.29 is 0 Å². The van der Waals surface area contributed by atoms with E-state index in [2.05, 4.69) is 22.9 Å². The molecule has 1 atom stereocenters. The van der Waals surface area contributed by atoms with Crippen molar-refractivity contribution in [1.29, 1.82) is 0 Å². The zero-order chi connectivity index (χ0) is 8.23. The van der Waals surface area contributed by atoms with Crippen LogP contribution in [0.3, 0.4) is 0 Å². The van der Waals surface area contributed by atoms with Crippen molar-refractivity contribution in [3.05, 3.63) is 12.3 Å². The molecule has 0 amide bonds. The molecule has 2 aliphatic heterocycles. The Labute approximate surface area is 74.4 Å². The minimum Gasteiger partial charge on any atom is -0.391 e. The number of hydrogen-bond donors (Lipinski definition) is 2. The van der Waals surface area contributed by atoms with Gasteiger partial charge in [0.2, 0.25) is 0 Å².